The zero-order valence-corrected chi connectivity index (χ0v) is 15.8. The maximum absolute atomic E-state index is 11.9. The van der Waals surface area contributed by atoms with Crippen molar-refractivity contribution < 1.29 is 4.79 Å². The van der Waals surface area contributed by atoms with Gasteiger partial charge in [-0.05, 0) is 69.3 Å². The van der Waals surface area contributed by atoms with Crippen LogP contribution in [0.3, 0.4) is 0 Å². The summed E-state index contributed by atoms with van der Waals surface area (Å²) in [4.78, 5) is 15.5. The first-order valence-electron chi connectivity index (χ1n) is 7.07. The third-order valence-corrected chi connectivity index (χ3v) is 4.93. The van der Waals surface area contributed by atoms with Gasteiger partial charge < -0.3 is 15.1 Å². The number of urea groups is 1. The van der Waals surface area contributed by atoms with Gasteiger partial charge in [0.15, 0.2) is 0 Å². The third kappa shape index (κ3) is 4.13. The first-order valence-corrected chi connectivity index (χ1v) is 8.65. The fourth-order valence-corrected chi connectivity index (χ4v) is 4.18. The number of rotatable bonds is 2. The lowest BCUT2D eigenvalue weighted by Crippen LogP contribution is -2.46. The lowest BCUT2D eigenvalue weighted by molar-refractivity contribution is 0.158. The van der Waals surface area contributed by atoms with Crippen molar-refractivity contribution in [2.24, 2.45) is 0 Å². The Morgan fingerprint density at radius 3 is 2.24 bits per heavy atom. The van der Waals surface area contributed by atoms with E-state index in [1.807, 2.05) is 4.90 Å². The quantitative estimate of drug-likeness (QED) is 0.785. The van der Waals surface area contributed by atoms with Gasteiger partial charge in [-0.25, -0.2) is 4.79 Å². The molecule has 1 aromatic rings. The highest BCUT2D eigenvalue weighted by Gasteiger charge is 2.24. The maximum Gasteiger partial charge on any atom is 0.319 e. The van der Waals surface area contributed by atoms with E-state index in [4.69, 9.17) is 0 Å². The van der Waals surface area contributed by atoms with Gasteiger partial charge in [-0.2, -0.15) is 0 Å². The number of hydrogen-bond donors (Lipinski definition) is 1. The molecule has 2 rings (SSSR count). The SMILES string of the molecule is Cc1cc(Br)c(NC2CCN(C(=O)N(C)C)CC2)c(Br)c1. The molecule has 0 radical (unpaired) electrons. The number of amides is 2. The van der Waals surface area contributed by atoms with Crippen LogP contribution in [-0.4, -0.2) is 49.1 Å². The molecular formula is C15H21Br2N3O. The minimum Gasteiger partial charge on any atom is -0.380 e. The van der Waals surface area contributed by atoms with Crippen LogP contribution < -0.4 is 5.32 Å². The second-order valence-corrected chi connectivity index (χ2v) is 7.39. The van der Waals surface area contributed by atoms with Crippen LogP contribution in [0.15, 0.2) is 21.1 Å². The van der Waals surface area contributed by atoms with E-state index in [0.29, 0.717) is 6.04 Å². The summed E-state index contributed by atoms with van der Waals surface area (Å²) in [5.41, 5.74) is 2.31. The van der Waals surface area contributed by atoms with E-state index in [0.717, 1.165) is 40.6 Å². The standard InChI is InChI=1S/C15H21Br2N3O/c1-10-8-12(16)14(13(17)9-10)18-11-4-6-20(7-5-11)15(21)19(2)3/h8-9,11,18H,4-7H2,1-3H3. The molecule has 1 saturated heterocycles. The molecule has 1 aromatic carbocycles. The Balaban J connectivity index is 1.97. The second kappa shape index (κ2) is 7.01. The summed E-state index contributed by atoms with van der Waals surface area (Å²) in [5.74, 6) is 0. The zero-order valence-electron chi connectivity index (χ0n) is 12.6. The van der Waals surface area contributed by atoms with E-state index >= 15 is 0 Å². The number of nitrogens with one attached hydrogen (secondary N) is 1. The molecule has 0 unspecified atom stereocenters. The van der Waals surface area contributed by atoms with Gasteiger partial charge in [0.1, 0.15) is 0 Å². The van der Waals surface area contributed by atoms with E-state index < -0.39 is 0 Å². The first kappa shape index (κ1) is 16.6. The Bertz CT molecular complexity index is 503. The summed E-state index contributed by atoms with van der Waals surface area (Å²) in [5, 5.41) is 3.59. The Labute approximate surface area is 143 Å². The first-order chi connectivity index (χ1) is 9.88. The second-order valence-electron chi connectivity index (χ2n) is 5.69. The van der Waals surface area contributed by atoms with Crippen molar-refractivity contribution in [1.29, 1.82) is 0 Å². The fraction of sp³-hybridized carbons (Fsp3) is 0.533. The Hall–Kier alpha value is -0.750. The highest BCUT2D eigenvalue weighted by molar-refractivity contribution is 9.11. The van der Waals surface area contributed by atoms with Crippen LogP contribution >= 0.6 is 31.9 Å². The number of aryl methyl sites for hydroxylation is 1. The van der Waals surface area contributed by atoms with Crippen molar-refractivity contribution in [3.8, 4) is 0 Å². The number of anilines is 1. The van der Waals surface area contributed by atoms with Gasteiger partial charge in [-0.3, -0.25) is 0 Å². The molecule has 0 saturated carbocycles. The number of carbonyl (C=O) groups is 1. The molecule has 116 valence electrons. The minimum absolute atomic E-state index is 0.103. The lowest BCUT2D eigenvalue weighted by atomic mass is 10.0. The molecule has 1 fully saturated rings. The van der Waals surface area contributed by atoms with Gasteiger partial charge in [-0.1, -0.05) is 0 Å². The predicted molar refractivity (Wildman–Crippen MR) is 93.9 cm³/mol. The smallest absolute Gasteiger partial charge is 0.319 e. The summed E-state index contributed by atoms with van der Waals surface area (Å²) in [6, 6.07) is 4.72. The van der Waals surface area contributed by atoms with Gasteiger partial charge in [0, 0.05) is 42.2 Å². The highest BCUT2D eigenvalue weighted by atomic mass is 79.9. The van der Waals surface area contributed by atoms with Crippen LogP contribution in [0.25, 0.3) is 0 Å². The Morgan fingerprint density at radius 2 is 1.76 bits per heavy atom. The molecule has 0 bridgehead atoms. The summed E-state index contributed by atoms with van der Waals surface area (Å²) >= 11 is 7.23. The number of piperidine rings is 1. The maximum atomic E-state index is 11.9. The number of benzene rings is 1. The van der Waals surface area contributed by atoms with Gasteiger partial charge in [0.2, 0.25) is 0 Å². The number of carbonyl (C=O) groups excluding carboxylic acids is 1. The van der Waals surface area contributed by atoms with Crippen LogP contribution in [0, 0.1) is 6.92 Å². The molecule has 2 amide bonds. The number of halogens is 2. The topological polar surface area (TPSA) is 35.6 Å². The van der Waals surface area contributed by atoms with Gasteiger partial charge in [0.25, 0.3) is 0 Å². The van der Waals surface area contributed by atoms with Crippen molar-refractivity contribution >= 4 is 43.6 Å². The largest absolute Gasteiger partial charge is 0.380 e. The molecule has 1 aliphatic rings. The van der Waals surface area contributed by atoms with Crippen molar-refractivity contribution in [3.05, 3.63) is 26.6 Å². The summed E-state index contributed by atoms with van der Waals surface area (Å²) in [6.07, 6.45) is 1.93. The van der Waals surface area contributed by atoms with Crippen LogP contribution in [0.5, 0.6) is 0 Å². The van der Waals surface area contributed by atoms with Crippen molar-refractivity contribution in [2.45, 2.75) is 25.8 Å². The molecule has 1 N–H and O–H groups in total. The number of hydrogen-bond acceptors (Lipinski definition) is 2. The van der Waals surface area contributed by atoms with E-state index in [2.05, 4.69) is 56.2 Å². The molecule has 0 aromatic heterocycles. The average molecular weight is 419 g/mol. The van der Waals surface area contributed by atoms with Crippen LogP contribution in [0.4, 0.5) is 10.5 Å². The Kier molecular flexibility index (Phi) is 5.54. The van der Waals surface area contributed by atoms with Crippen LogP contribution in [0.1, 0.15) is 18.4 Å². The summed E-state index contributed by atoms with van der Waals surface area (Å²) in [6.45, 7) is 3.68. The summed E-state index contributed by atoms with van der Waals surface area (Å²) < 4.78 is 2.14. The lowest BCUT2D eigenvalue weighted by Gasteiger charge is -2.34. The molecule has 0 aliphatic carbocycles. The molecule has 1 heterocycles. The van der Waals surface area contributed by atoms with Crippen molar-refractivity contribution in [3.63, 3.8) is 0 Å². The molecule has 0 atom stereocenters. The molecule has 21 heavy (non-hydrogen) atoms. The number of nitrogens with zero attached hydrogens (tertiary/aromatic N) is 2. The van der Waals surface area contributed by atoms with E-state index in [1.165, 1.54) is 5.56 Å². The zero-order chi connectivity index (χ0) is 15.6. The van der Waals surface area contributed by atoms with Crippen LogP contribution in [0.2, 0.25) is 0 Å². The van der Waals surface area contributed by atoms with E-state index in [1.54, 1.807) is 19.0 Å². The predicted octanol–water partition coefficient (Wildman–Crippen LogP) is 4.08. The van der Waals surface area contributed by atoms with Gasteiger partial charge in [-0.15, -0.1) is 0 Å². The van der Waals surface area contributed by atoms with Gasteiger partial charge in [0.05, 0.1) is 5.69 Å². The molecule has 4 nitrogen and oxygen atoms in total. The average Bonchev–Trinajstić information content (AvgIpc) is 2.42. The van der Waals surface area contributed by atoms with E-state index in [9.17, 15) is 4.79 Å². The normalized spacial score (nSPS) is 16.0. The van der Waals surface area contributed by atoms with Crippen molar-refractivity contribution in [1.82, 2.24) is 9.80 Å². The molecular weight excluding hydrogens is 398 g/mol. The molecule has 0 spiro atoms. The molecule has 6 heteroatoms. The third-order valence-electron chi connectivity index (χ3n) is 3.68. The monoisotopic (exact) mass is 417 g/mol. The summed E-state index contributed by atoms with van der Waals surface area (Å²) in [7, 11) is 3.60. The number of likely N-dealkylation sites (tertiary alicyclic amines) is 1. The Morgan fingerprint density at radius 1 is 1.24 bits per heavy atom. The fourth-order valence-electron chi connectivity index (χ4n) is 2.54. The van der Waals surface area contributed by atoms with Crippen molar-refractivity contribution in [2.75, 3.05) is 32.5 Å². The molecule has 1 aliphatic heterocycles. The highest BCUT2D eigenvalue weighted by Crippen LogP contribution is 2.33. The van der Waals surface area contributed by atoms with Gasteiger partial charge >= 0.3 is 6.03 Å². The minimum atomic E-state index is 0.103. The van der Waals surface area contributed by atoms with Crippen LogP contribution in [-0.2, 0) is 0 Å². The van der Waals surface area contributed by atoms with E-state index in [-0.39, 0.29) is 6.03 Å².